The molecule has 1 rings (SSSR count). The smallest absolute Gasteiger partial charge is 0.334 e. The lowest BCUT2D eigenvalue weighted by molar-refractivity contribution is -0.144. The van der Waals surface area contributed by atoms with E-state index in [0.717, 1.165) is 24.0 Å². The third-order valence-corrected chi connectivity index (χ3v) is 2.91. The molecule has 15 heavy (non-hydrogen) atoms. The molecule has 0 radical (unpaired) electrons. The van der Waals surface area contributed by atoms with Crippen molar-refractivity contribution in [3.05, 3.63) is 11.1 Å². The third-order valence-electron chi connectivity index (χ3n) is 2.91. The summed E-state index contributed by atoms with van der Waals surface area (Å²) >= 11 is 0. The standard InChI is InChI=1S/C13H22O2/c1-9(2)12(10(3)4)13(14)15-11-7-5-6-8-11/h9,11H,5-8H2,1-4H3. The van der Waals surface area contributed by atoms with Gasteiger partial charge in [0.1, 0.15) is 6.10 Å². The molecule has 0 amide bonds. The van der Waals surface area contributed by atoms with Crippen LogP contribution in [-0.4, -0.2) is 12.1 Å². The summed E-state index contributed by atoms with van der Waals surface area (Å²) in [7, 11) is 0. The molecule has 0 saturated heterocycles. The molecule has 0 aromatic rings. The van der Waals surface area contributed by atoms with Gasteiger partial charge in [-0.3, -0.25) is 0 Å². The Morgan fingerprint density at radius 3 is 2.13 bits per heavy atom. The molecular formula is C13H22O2. The zero-order chi connectivity index (χ0) is 11.4. The molecule has 2 nitrogen and oxygen atoms in total. The quantitative estimate of drug-likeness (QED) is 0.526. The van der Waals surface area contributed by atoms with E-state index >= 15 is 0 Å². The first-order chi connectivity index (χ1) is 7.02. The molecule has 0 aliphatic heterocycles. The number of rotatable bonds is 3. The van der Waals surface area contributed by atoms with Crippen molar-refractivity contribution in [3.8, 4) is 0 Å². The van der Waals surface area contributed by atoms with E-state index < -0.39 is 0 Å². The average molecular weight is 210 g/mol. The summed E-state index contributed by atoms with van der Waals surface area (Å²) in [6, 6.07) is 0. The fourth-order valence-electron chi connectivity index (χ4n) is 2.24. The van der Waals surface area contributed by atoms with Crippen molar-refractivity contribution in [1.29, 1.82) is 0 Å². The molecule has 1 saturated carbocycles. The Hall–Kier alpha value is -0.790. The van der Waals surface area contributed by atoms with Crippen LogP contribution in [0.1, 0.15) is 53.4 Å². The lowest BCUT2D eigenvalue weighted by Crippen LogP contribution is -2.19. The highest BCUT2D eigenvalue weighted by atomic mass is 16.5. The Morgan fingerprint density at radius 2 is 1.73 bits per heavy atom. The van der Waals surface area contributed by atoms with Crippen LogP contribution >= 0.6 is 0 Å². The average Bonchev–Trinajstić information content (AvgIpc) is 2.54. The SMILES string of the molecule is CC(C)=C(C(=O)OC1CCCC1)C(C)C. The number of hydrogen-bond acceptors (Lipinski definition) is 2. The van der Waals surface area contributed by atoms with Crippen LogP contribution in [0.3, 0.4) is 0 Å². The number of carbonyl (C=O) groups excluding carboxylic acids is 1. The summed E-state index contributed by atoms with van der Waals surface area (Å²) in [5.74, 6) is 0.154. The zero-order valence-electron chi connectivity index (χ0n) is 10.3. The van der Waals surface area contributed by atoms with Crippen LogP contribution in [0.15, 0.2) is 11.1 Å². The molecule has 0 spiro atoms. The molecule has 1 fully saturated rings. The van der Waals surface area contributed by atoms with Gasteiger partial charge in [0.05, 0.1) is 0 Å². The number of esters is 1. The van der Waals surface area contributed by atoms with Gasteiger partial charge < -0.3 is 4.74 Å². The zero-order valence-corrected chi connectivity index (χ0v) is 10.3. The van der Waals surface area contributed by atoms with E-state index in [2.05, 4.69) is 0 Å². The van der Waals surface area contributed by atoms with Gasteiger partial charge in [0.25, 0.3) is 0 Å². The van der Waals surface area contributed by atoms with Crippen LogP contribution in [0, 0.1) is 5.92 Å². The summed E-state index contributed by atoms with van der Waals surface area (Å²) in [6.07, 6.45) is 4.65. The Kier molecular flexibility index (Phi) is 4.37. The Labute approximate surface area is 92.7 Å². The minimum absolute atomic E-state index is 0.100. The van der Waals surface area contributed by atoms with Crippen molar-refractivity contribution in [2.75, 3.05) is 0 Å². The molecule has 0 atom stereocenters. The van der Waals surface area contributed by atoms with E-state index in [0.29, 0.717) is 0 Å². The van der Waals surface area contributed by atoms with E-state index in [-0.39, 0.29) is 18.0 Å². The van der Waals surface area contributed by atoms with Crippen LogP contribution in [-0.2, 0) is 9.53 Å². The van der Waals surface area contributed by atoms with Gasteiger partial charge in [-0.2, -0.15) is 0 Å². The van der Waals surface area contributed by atoms with Crippen molar-refractivity contribution >= 4 is 5.97 Å². The lowest BCUT2D eigenvalue weighted by atomic mass is 9.99. The monoisotopic (exact) mass is 210 g/mol. The Balaban J connectivity index is 2.61. The molecule has 1 aliphatic carbocycles. The van der Waals surface area contributed by atoms with Crippen LogP contribution in [0.5, 0.6) is 0 Å². The molecule has 1 aliphatic rings. The maximum absolute atomic E-state index is 11.9. The predicted molar refractivity (Wildman–Crippen MR) is 61.6 cm³/mol. The van der Waals surface area contributed by atoms with Gasteiger partial charge in [-0.15, -0.1) is 0 Å². The van der Waals surface area contributed by atoms with E-state index in [1.807, 2.05) is 27.7 Å². The van der Waals surface area contributed by atoms with Crippen molar-refractivity contribution in [3.63, 3.8) is 0 Å². The van der Waals surface area contributed by atoms with Gasteiger partial charge in [-0.05, 0) is 45.4 Å². The number of ether oxygens (including phenoxy) is 1. The van der Waals surface area contributed by atoms with Crippen LogP contribution in [0.2, 0.25) is 0 Å². The van der Waals surface area contributed by atoms with Gasteiger partial charge in [0, 0.05) is 5.57 Å². The summed E-state index contributed by atoms with van der Waals surface area (Å²) in [5, 5.41) is 0. The van der Waals surface area contributed by atoms with E-state index in [4.69, 9.17) is 4.74 Å². The number of hydrogen-bond donors (Lipinski definition) is 0. The maximum atomic E-state index is 11.9. The van der Waals surface area contributed by atoms with Crippen LogP contribution in [0.25, 0.3) is 0 Å². The largest absolute Gasteiger partial charge is 0.459 e. The molecule has 86 valence electrons. The first-order valence-electron chi connectivity index (χ1n) is 5.90. The maximum Gasteiger partial charge on any atom is 0.334 e. The normalized spacial score (nSPS) is 16.9. The van der Waals surface area contributed by atoms with Crippen molar-refractivity contribution < 1.29 is 9.53 Å². The minimum atomic E-state index is -0.100. The molecule has 0 unspecified atom stereocenters. The molecule has 0 N–H and O–H groups in total. The molecule has 2 heteroatoms. The highest BCUT2D eigenvalue weighted by molar-refractivity contribution is 5.89. The minimum Gasteiger partial charge on any atom is -0.459 e. The summed E-state index contributed by atoms with van der Waals surface area (Å²) in [6.45, 7) is 8.03. The summed E-state index contributed by atoms with van der Waals surface area (Å²) in [5.41, 5.74) is 1.93. The number of carbonyl (C=O) groups is 1. The first kappa shape index (κ1) is 12.3. The van der Waals surface area contributed by atoms with Crippen molar-refractivity contribution in [1.82, 2.24) is 0 Å². The van der Waals surface area contributed by atoms with Gasteiger partial charge in [-0.1, -0.05) is 19.4 Å². The number of allylic oxidation sites excluding steroid dienone is 1. The fourth-order valence-corrected chi connectivity index (χ4v) is 2.24. The first-order valence-corrected chi connectivity index (χ1v) is 5.90. The molecule has 0 bridgehead atoms. The Bertz CT molecular complexity index is 254. The van der Waals surface area contributed by atoms with Crippen molar-refractivity contribution in [2.45, 2.75) is 59.5 Å². The third kappa shape index (κ3) is 3.37. The highest BCUT2D eigenvalue weighted by Crippen LogP contribution is 2.24. The van der Waals surface area contributed by atoms with Crippen LogP contribution in [0.4, 0.5) is 0 Å². The molecule has 0 aromatic carbocycles. The van der Waals surface area contributed by atoms with Gasteiger partial charge >= 0.3 is 5.97 Å². The van der Waals surface area contributed by atoms with Crippen LogP contribution < -0.4 is 0 Å². The second-order valence-electron chi connectivity index (χ2n) is 4.88. The van der Waals surface area contributed by atoms with Gasteiger partial charge in [0.15, 0.2) is 0 Å². The Morgan fingerprint density at radius 1 is 1.20 bits per heavy atom. The second-order valence-corrected chi connectivity index (χ2v) is 4.88. The van der Waals surface area contributed by atoms with E-state index in [1.165, 1.54) is 12.8 Å². The van der Waals surface area contributed by atoms with Crippen molar-refractivity contribution in [2.24, 2.45) is 5.92 Å². The van der Waals surface area contributed by atoms with E-state index in [1.54, 1.807) is 0 Å². The second kappa shape index (κ2) is 5.34. The van der Waals surface area contributed by atoms with Gasteiger partial charge in [0.2, 0.25) is 0 Å². The predicted octanol–water partition coefficient (Wildman–Crippen LogP) is 3.46. The lowest BCUT2D eigenvalue weighted by Gasteiger charge is -2.16. The summed E-state index contributed by atoms with van der Waals surface area (Å²) in [4.78, 5) is 11.9. The molecule has 0 aromatic heterocycles. The highest BCUT2D eigenvalue weighted by Gasteiger charge is 2.23. The topological polar surface area (TPSA) is 26.3 Å². The fraction of sp³-hybridized carbons (Fsp3) is 0.769. The molecular weight excluding hydrogens is 188 g/mol. The molecule has 0 heterocycles. The van der Waals surface area contributed by atoms with E-state index in [9.17, 15) is 4.79 Å². The van der Waals surface area contributed by atoms with Gasteiger partial charge in [-0.25, -0.2) is 4.79 Å². The summed E-state index contributed by atoms with van der Waals surface area (Å²) < 4.78 is 5.50.